The van der Waals surface area contributed by atoms with Gasteiger partial charge in [0.2, 0.25) is 5.91 Å². The van der Waals surface area contributed by atoms with Crippen LogP contribution in [0.4, 0.5) is 5.82 Å². The number of rotatable bonds is 6. The summed E-state index contributed by atoms with van der Waals surface area (Å²) < 4.78 is 5.22. The SMILES string of the molecule is C[C@@H](OC(=O)c1ccc(CN2CCCC2=O)cc1)C(=O)Nc1ccc(Cl)cn1. The molecule has 1 aliphatic heterocycles. The number of hydrogen-bond acceptors (Lipinski definition) is 5. The second kappa shape index (κ2) is 8.84. The van der Waals surface area contributed by atoms with Crippen molar-refractivity contribution < 1.29 is 19.1 Å². The van der Waals surface area contributed by atoms with E-state index in [-0.39, 0.29) is 5.91 Å². The van der Waals surface area contributed by atoms with E-state index in [9.17, 15) is 14.4 Å². The maximum atomic E-state index is 12.3. The zero-order valence-corrected chi connectivity index (χ0v) is 16.1. The molecule has 28 heavy (non-hydrogen) atoms. The average Bonchev–Trinajstić information content (AvgIpc) is 3.08. The van der Waals surface area contributed by atoms with E-state index in [2.05, 4.69) is 10.3 Å². The lowest BCUT2D eigenvalue weighted by atomic mass is 10.1. The highest BCUT2D eigenvalue weighted by atomic mass is 35.5. The number of pyridine rings is 1. The summed E-state index contributed by atoms with van der Waals surface area (Å²) in [5.41, 5.74) is 1.27. The van der Waals surface area contributed by atoms with Crippen LogP contribution in [0.25, 0.3) is 0 Å². The van der Waals surface area contributed by atoms with Crippen molar-refractivity contribution in [2.45, 2.75) is 32.4 Å². The van der Waals surface area contributed by atoms with Gasteiger partial charge in [0.05, 0.1) is 10.6 Å². The van der Waals surface area contributed by atoms with Gasteiger partial charge in [-0.3, -0.25) is 9.59 Å². The average molecular weight is 402 g/mol. The first-order valence-corrected chi connectivity index (χ1v) is 9.30. The standard InChI is InChI=1S/C20H20ClN3O4/c1-13(19(26)23-17-9-8-16(21)11-22-17)28-20(27)15-6-4-14(5-7-15)12-24-10-2-3-18(24)25/h4-9,11,13H,2-3,10,12H2,1H3,(H,22,23,26)/t13-/m1/s1. The van der Waals surface area contributed by atoms with Gasteiger partial charge in [0.25, 0.3) is 5.91 Å². The first kappa shape index (κ1) is 19.8. The summed E-state index contributed by atoms with van der Waals surface area (Å²) in [7, 11) is 0. The molecule has 1 aromatic heterocycles. The molecule has 7 nitrogen and oxygen atoms in total. The molecule has 1 aromatic carbocycles. The van der Waals surface area contributed by atoms with Crippen molar-refractivity contribution in [2.24, 2.45) is 0 Å². The van der Waals surface area contributed by atoms with Crippen LogP contribution >= 0.6 is 11.6 Å². The molecule has 0 spiro atoms. The second-order valence-corrected chi connectivity index (χ2v) is 6.95. The highest BCUT2D eigenvalue weighted by Gasteiger charge is 2.21. The fraction of sp³-hybridized carbons (Fsp3) is 0.300. The second-order valence-electron chi connectivity index (χ2n) is 6.51. The number of amides is 2. The summed E-state index contributed by atoms with van der Waals surface area (Å²) in [5, 5.41) is 3.01. The number of nitrogens with one attached hydrogen (secondary N) is 1. The van der Waals surface area contributed by atoms with Crippen molar-refractivity contribution >= 4 is 35.2 Å². The number of carbonyl (C=O) groups is 3. The third-order valence-electron chi connectivity index (χ3n) is 4.37. The number of likely N-dealkylation sites (tertiary alicyclic amines) is 1. The molecule has 2 aromatic rings. The van der Waals surface area contributed by atoms with Crippen LogP contribution in [0.1, 0.15) is 35.7 Å². The van der Waals surface area contributed by atoms with Gasteiger partial charge in [-0.25, -0.2) is 9.78 Å². The van der Waals surface area contributed by atoms with Gasteiger partial charge in [-0.2, -0.15) is 0 Å². The van der Waals surface area contributed by atoms with Crippen molar-refractivity contribution in [1.29, 1.82) is 0 Å². The Hall–Kier alpha value is -2.93. The molecule has 1 saturated heterocycles. The van der Waals surface area contributed by atoms with Gasteiger partial charge in [0.15, 0.2) is 6.10 Å². The van der Waals surface area contributed by atoms with Gasteiger partial charge in [-0.05, 0) is 43.2 Å². The molecular formula is C20H20ClN3O4. The number of nitrogens with zero attached hydrogens (tertiary/aromatic N) is 2. The van der Waals surface area contributed by atoms with Gasteiger partial charge in [-0.1, -0.05) is 23.7 Å². The summed E-state index contributed by atoms with van der Waals surface area (Å²) in [4.78, 5) is 41.9. The zero-order valence-electron chi connectivity index (χ0n) is 15.4. The molecule has 0 aliphatic carbocycles. The molecule has 2 amide bonds. The molecule has 0 saturated carbocycles. The number of carbonyl (C=O) groups excluding carboxylic acids is 3. The fourth-order valence-corrected chi connectivity index (χ4v) is 2.91. The predicted octanol–water partition coefficient (Wildman–Crippen LogP) is 3.04. The quantitative estimate of drug-likeness (QED) is 0.751. The maximum absolute atomic E-state index is 12.3. The van der Waals surface area contributed by atoms with Crippen LogP contribution in [-0.2, 0) is 20.9 Å². The van der Waals surface area contributed by atoms with Crippen LogP contribution in [0.15, 0.2) is 42.6 Å². The van der Waals surface area contributed by atoms with E-state index in [1.807, 2.05) is 0 Å². The number of aromatic nitrogens is 1. The molecule has 146 valence electrons. The van der Waals surface area contributed by atoms with Gasteiger partial charge >= 0.3 is 5.97 Å². The highest BCUT2D eigenvalue weighted by molar-refractivity contribution is 6.30. The molecule has 0 bridgehead atoms. The minimum atomic E-state index is -0.994. The molecule has 0 radical (unpaired) electrons. The smallest absolute Gasteiger partial charge is 0.338 e. The minimum absolute atomic E-state index is 0.151. The lowest BCUT2D eigenvalue weighted by molar-refractivity contribution is -0.128. The van der Waals surface area contributed by atoms with E-state index in [0.29, 0.717) is 29.4 Å². The molecule has 1 fully saturated rings. The first-order valence-electron chi connectivity index (χ1n) is 8.92. The van der Waals surface area contributed by atoms with Crippen LogP contribution in [0, 0.1) is 0 Å². The number of halogens is 1. The van der Waals surface area contributed by atoms with Gasteiger partial charge < -0.3 is 15.0 Å². The lowest BCUT2D eigenvalue weighted by Gasteiger charge is -2.16. The Morgan fingerprint density at radius 3 is 2.61 bits per heavy atom. The van der Waals surface area contributed by atoms with Crippen LogP contribution in [0.2, 0.25) is 5.02 Å². The maximum Gasteiger partial charge on any atom is 0.338 e. The largest absolute Gasteiger partial charge is 0.449 e. The van der Waals surface area contributed by atoms with Crippen molar-refractivity contribution in [1.82, 2.24) is 9.88 Å². The zero-order chi connectivity index (χ0) is 20.1. The Bertz CT molecular complexity index is 868. The minimum Gasteiger partial charge on any atom is -0.449 e. The summed E-state index contributed by atoms with van der Waals surface area (Å²) in [6, 6.07) is 9.97. The van der Waals surface area contributed by atoms with E-state index in [4.69, 9.17) is 16.3 Å². The molecule has 2 heterocycles. The number of benzene rings is 1. The van der Waals surface area contributed by atoms with E-state index < -0.39 is 18.0 Å². The van der Waals surface area contributed by atoms with E-state index >= 15 is 0 Å². The fourth-order valence-electron chi connectivity index (χ4n) is 2.80. The number of anilines is 1. The van der Waals surface area contributed by atoms with Crippen molar-refractivity contribution in [3.8, 4) is 0 Å². The van der Waals surface area contributed by atoms with E-state index in [1.165, 1.54) is 13.1 Å². The summed E-state index contributed by atoms with van der Waals surface area (Å²) in [6.45, 7) is 2.77. The van der Waals surface area contributed by atoms with Crippen molar-refractivity contribution in [2.75, 3.05) is 11.9 Å². The molecule has 0 unspecified atom stereocenters. The molecule has 3 rings (SSSR count). The van der Waals surface area contributed by atoms with Crippen molar-refractivity contribution in [3.63, 3.8) is 0 Å². The summed E-state index contributed by atoms with van der Waals surface area (Å²) >= 11 is 5.75. The van der Waals surface area contributed by atoms with Gasteiger partial charge in [0.1, 0.15) is 5.82 Å². The topological polar surface area (TPSA) is 88.6 Å². The number of ether oxygens (including phenoxy) is 1. The van der Waals surface area contributed by atoms with Crippen LogP contribution in [-0.4, -0.2) is 40.3 Å². The van der Waals surface area contributed by atoms with E-state index in [0.717, 1.165) is 18.5 Å². The van der Waals surface area contributed by atoms with Gasteiger partial charge in [-0.15, -0.1) is 0 Å². The van der Waals surface area contributed by atoms with E-state index in [1.54, 1.807) is 41.3 Å². The highest BCUT2D eigenvalue weighted by Crippen LogP contribution is 2.16. The molecule has 8 heteroatoms. The predicted molar refractivity (Wildman–Crippen MR) is 104 cm³/mol. The third-order valence-corrected chi connectivity index (χ3v) is 4.59. The van der Waals surface area contributed by atoms with Crippen LogP contribution < -0.4 is 5.32 Å². The normalized spacial score (nSPS) is 14.6. The molecule has 1 N–H and O–H groups in total. The van der Waals surface area contributed by atoms with Gasteiger partial charge in [0, 0.05) is 25.7 Å². The molecule has 1 aliphatic rings. The molecular weight excluding hydrogens is 382 g/mol. The molecule has 1 atom stereocenters. The third kappa shape index (κ3) is 5.07. The summed E-state index contributed by atoms with van der Waals surface area (Å²) in [5.74, 6) is -0.625. The Morgan fingerprint density at radius 2 is 2.00 bits per heavy atom. The van der Waals surface area contributed by atoms with Crippen molar-refractivity contribution in [3.05, 3.63) is 58.7 Å². The van der Waals surface area contributed by atoms with Crippen LogP contribution in [0.3, 0.4) is 0 Å². The Kier molecular flexibility index (Phi) is 6.26. The number of hydrogen-bond donors (Lipinski definition) is 1. The monoisotopic (exact) mass is 401 g/mol. The first-order chi connectivity index (χ1) is 13.4. The van der Waals surface area contributed by atoms with Crippen LogP contribution in [0.5, 0.6) is 0 Å². The lowest BCUT2D eigenvalue weighted by Crippen LogP contribution is -2.30. The summed E-state index contributed by atoms with van der Waals surface area (Å²) in [6.07, 6.45) is 1.89. The Morgan fingerprint density at radius 1 is 1.25 bits per heavy atom. The Labute approximate surface area is 167 Å². The number of esters is 1. The Balaban J connectivity index is 1.53.